The molecule has 32 heavy (non-hydrogen) atoms. The molecule has 0 radical (unpaired) electrons. The van der Waals surface area contributed by atoms with Crippen LogP contribution >= 0.6 is 0 Å². The molecule has 1 aliphatic carbocycles. The molecule has 0 unspecified atom stereocenters. The second kappa shape index (κ2) is 15.3. The molecular weight excluding hydrogens is 420 g/mol. The Kier molecular flexibility index (Phi) is 14.1. The minimum atomic E-state index is 0. The zero-order valence-corrected chi connectivity index (χ0v) is 21.8. The molecule has 0 atom stereocenters. The fraction of sp³-hybridized carbons (Fsp3) is 0.194. The predicted octanol–water partition coefficient (Wildman–Crippen LogP) is 8.72. The van der Waals surface area contributed by atoms with Crippen LogP contribution in [0.15, 0.2) is 108 Å². The summed E-state index contributed by atoms with van der Waals surface area (Å²) in [5.74, 6) is 0. The zero-order chi connectivity index (χ0) is 23.3. The van der Waals surface area contributed by atoms with Crippen molar-refractivity contribution in [3.05, 3.63) is 151 Å². The fourth-order valence-corrected chi connectivity index (χ4v) is 2.84. The standard InChI is InChI=1S/C10H15.3C7H7.Ti/c1-7-6-10(4,5)9(3)8(7)2;3*1-7-5-3-2-4-6-7;/h1-5H3;3*2-6H,1H2;/q4*-1;+4. The Hall–Kier alpha value is -2.54. The molecule has 0 saturated heterocycles. The van der Waals surface area contributed by atoms with Gasteiger partial charge in [-0.05, 0) is 0 Å². The van der Waals surface area contributed by atoms with Crippen LogP contribution in [0, 0.1) is 32.3 Å². The van der Waals surface area contributed by atoms with E-state index in [4.69, 9.17) is 0 Å². The minimum absolute atomic E-state index is 0. The molecule has 1 heteroatoms. The van der Waals surface area contributed by atoms with Crippen LogP contribution in [0.4, 0.5) is 0 Å². The van der Waals surface area contributed by atoms with E-state index in [1.165, 1.54) is 16.7 Å². The van der Waals surface area contributed by atoms with Gasteiger partial charge < -0.3 is 0 Å². The molecule has 1 aliphatic rings. The van der Waals surface area contributed by atoms with Gasteiger partial charge in [0.05, 0.1) is 0 Å². The van der Waals surface area contributed by atoms with E-state index in [-0.39, 0.29) is 27.1 Å². The van der Waals surface area contributed by atoms with Gasteiger partial charge in [0.25, 0.3) is 0 Å². The quantitative estimate of drug-likeness (QED) is 0.234. The van der Waals surface area contributed by atoms with Gasteiger partial charge in [-0.25, -0.2) is 5.57 Å². The Morgan fingerprint density at radius 1 is 0.562 bits per heavy atom. The molecule has 0 heterocycles. The van der Waals surface area contributed by atoms with E-state index in [2.05, 4.69) is 61.5 Å². The molecule has 3 aromatic carbocycles. The Labute approximate surface area is 212 Å². The maximum atomic E-state index is 3.72. The number of allylic oxidation sites excluding steroid dienone is 4. The van der Waals surface area contributed by atoms with Crippen LogP contribution in [0.1, 0.15) is 51.3 Å². The summed E-state index contributed by atoms with van der Waals surface area (Å²) >= 11 is 0. The van der Waals surface area contributed by atoms with Gasteiger partial charge in [-0.3, -0.25) is 6.08 Å². The van der Waals surface area contributed by atoms with Crippen LogP contribution in [-0.2, 0) is 21.7 Å². The monoisotopic (exact) mass is 456 g/mol. The van der Waals surface area contributed by atoms with Crippen molar-refractivity contribution in [3.8, 4) is 0 Å². The maximum Gasteiger partial charge on any atom is 4.00 e. The van der Waals surface area contributed by atoms with Gasteiger partial charge in [0.1, 0.15) is 0 Å². The molecule has 164 valence electrons. The van der Waals surface area contributed by atoms with Crippen molar-refractivity contribution in [1.82, 2.24) is 0 Å². The van der Waals surface area contributed by atoms with Gasteiger partial charge in [0.2, 0.25) is 0 Å². The first kappa shape index (κ1) is 29.5. The number of hydrogen-bond acceptors (Lipinski definition) is 0. The molecule has 0 aliphatic heterocycles. The Bertz CT molecular complexity index is 844. The van der Waals surface area contributed by atoms with Crippen LogP contribution in [0.25, 0.3) is 0 Å². The van der Waals surface area contributed by atoms with Crippen LogP contribution in [-0.4, -0.2) is 0 Å². The summed E-state index contributed by atoms with van der Waals surface area (Å²) in [5, 5.41) is 0. The number of hydrogen-bond donors (Lipinski definition) is 0. The Morgan fingerprint density at radius 2 is 0.844 bits per heavy atom. The van der Waals surface area contributed by atoms with E-state index in [0.29, 0.717) is 0 Å². The number of benzene rings is 3. The summed E-state index contributed by atoms with van der Waals surface area (Å²) in [4.78, 5) is 0. The first-order valence-electron chi connectivity index (χ1n) is 10.5. The molecule has 0 aromatic heterocycles. The molecule has 0 amide bonds. The van der Waals surface area contributed by atoms with Gasteiger partial charge >= 0.3 is 21.7 Å². The van der Waals surface area contributed by atoms with Crippen molar-refractivity contribution < 1.29 is 21.7 Å². The maximum absolute atomic E-state index is 3.72. The third-order valence-corrected chi connectivity index (χ3v) is 5.09. The van der Waals surface area contributed by atoms with Crippen LogP contribution in [0.3, 0.4) is 0 Å². The summed E-state index contributed by atoms with van der Waals surface area (Å²) in [6.45, 7) is 22.1. The predicted molar refractivity (Wildman–Crippen MR) is 137 cm³/mol. The van der Waals surface area contributed by atoms with E-state index in [1.54, 1.807) is 0 Å². The Morgan fingerprint density at radius 3 is 0.938 bits per heavy atom. The second-order valence-corrected chi connectivity index (χ2v) is 8.08. The molecule has 0 saturated carbocycles. The van der Waals surface area contributed by atoms with Crippen LogP contribution < -0.4 is 0 Å². The summed E-state index contributed by atoms with van der Waals surface area (Å²) in [6, 6.07) is 29.6. The minimum Gasteiger partial charge on any atom is -0.263 e. The molecule has 4 rings (SSSR count). The summed E-state index contributed by atoms with van der Waals surface area (Å²) in [5.41, 5.74) is 7.61. The van der Waals surface area contributed by atoms with E-state index in [0.717, 1.165) is 16.7 Å². The van der Waals surface area contributed by atoms with Gasteiger partial charge in [0.15, 0.2) is 0 Å². The largest absolute Gasteiger partial charge is 4.00 e. The molecular formula is C31H36Ti. The van der Waals surface area contributed by atoms with Crippen molar-refractivity contribution in [1.29, 1.82) is 0 Å². The third kappa shape index (κ3) is 11.7. The molecule has 0 spiro atoms. The van der Waals surface area contributed by atoms with Crippen LogP contribution in [0.2, 0.25) is 0 Å². The third-order valence-electron chi connectivity index (χ3n) is 5.09. The first-order chi connectivity index (χ1) is 14.6. The second-order valence-electron chi connectivity index (χ2n) is 8.08. The van der Waals surface area contributed by atoms with Crippen LogP contribution in [0.5, 0.6) is 0 Å². The molecule has 3 aromatic rings. The van der Waals surface area contributed by atoms with E-state index < -0.39 is 0 Å². The molecule has 0 bridgehead atoms. The van der Waals surface area contributed by atoms with Crippen molar-refractivity contribution in [3.63, 3.8) is 0 Å². The summed E-state index contributed by atoms with van der Waals surface area (Å²) < 4.78 is 0. The SMILES string of the molecule is CC1=[C-]C(C)(C)C(C)=C1C.[CH2-]c1ccccc1.[CH2-]c1ccccc1.[CH2-]c1ccccc1.[Ti+4]. The van der Waals surface area contributed by atoms with Gasteiger partial charge in [0, 0.05) is 0 Å². The summed E-state index contributed by atoms with van der Waals surface area (Å²) in [6.07, 6.45) is 3.44. The van der Waals surface area contributed by atoms with Gasteiger partial charge in [-0.15, -0.1) is 43.3 Å². The average Bonchev–Trinajstić information content (AvgIpc) is 2.92. The van der Waals surface area contributed by atoms with Crippen molar-refractivity contribution in [2.45, 2.75) is 34.6 Å². The van der Waals surface area contributed by atoms with Crippen molar-refractivity contribution in [2.75, 3.05) is 0 Å². The molecule has 0 nitrogen and oxygen atoms in total. The smallest absolute Gasteiger partial charge is 0.263 e. The van der Waals surface area contributed by atoms with E-state index in [9.17, 15) is 0 Å². The molecule has 0 fully saturated rings. The van der Waals surface area contributed by atoms with E-state index >= 15 is 0 Å². The normalized spacial score (nSPS) is 13.0. The number of rotatable bonds is 0. The van der Waals surface area contributed by atoms with Gasteiger partial charge in [-0.1, -0.05) is 51.3 Å². The fourth-order valence-electron chi connectivity index (χ4n) is 2.84. The van der Waals surface area contributed by atoms with Gasteiger partial charge in [-0.2, -0.15) is 85.0 Å². The first-order valence-corrected chi connectivity index (χ1v) is 10.5. The summed E-state index contributed by atoms with van der Waals surface area (Å²) in [7, 11) is 0. The van der Waals surface area contributed by atoms with E-state index in [1.807, 2.05) is 91.0 Å². The zero-order valence-electron chi connectivity index (χ0n) is 20.3. The van der Waals surface area contributed by atoms with Crippen molar-refractivity contribution >= 4 is 0 Å². The molecule has 0 N–H and O–H groups in total. The average molecular weight is 456 g/mol. The topological polar surface area (TPSA) is 0 Å². The van der Waals surface area contributed by atoms with Crippen molar-refractivity contribution in [2.24, 2.45) is 5.41 Å². The Balaban J connectivity index is 0.000000401.